The Balaban J connectivity index is 2.70. The number of aliphatic hydroxyl groups is 1. The van der Waals surface area contributed by atoms with E-state index in [4.69, 9.17) is 4.74 Å². The van der Waals surface area contributed by atoms with Crippen LogP contribution in [0.1, 0.15) is 32.8 Å². The van der Waals surface area contributed by atoms with Gasteiger partial charge in [-0.15, -0.1) is 0 Å². The lowest BCUT2D eigenvalue weighted by atomic mass is 10.0. The number of urea groups is 1. The average molecular weight is 323 g/mol. The van der Waals surface area contributed by atoms with E-state index in [2.05, 4.69) is 16.0 Å². The van der Waals surface area contributed by atoms with Crippen LogP contribution in [0.2, 0.25) is 0 Å². The summed E-state index contributed by atoms with van der Waals surface area (Å²) in [5, 5.41) is 17.8. The van der Waals surface area contributed by atoms with Crippen molar-refractivity contribution in [2.45, 2.75) is 39.7 Å². The van der Waals surface area contributed by atoms with Crippen LogP contribution in [0.25, 0.3) is 0 Å². The van der Waals surface area contributed by atoms with E-state index in [9.17, 15) is 14.7 Å². The molecule has 1 rings (SSSR count). The van der Waals surface area contributed by atoms with Gasteiger partial charge in [0.25, 0.3) is 0 Å². The molecule has 0 aromatic heterocycles. The quantitative estimate of drug-likeness (QED) is 0.647. The minimum atomic E-state index is -0.945. The minimum absolute atomic E-state index is 0.148. The smallest absolute Gasteiger partial charge is 0.411 e. The van der Waals surface area contributed by atoms with Gasteiger partial charge in [0.05, 0.1) is 12.2 Å². The van der Waals surface area contributed by atoms with Gasteiger partial charge in [0, 0.05) is 17.9 Å². The van der Waals surface area contributed by atoms with Crippen LogP contribution < -0.4 is 16.0 Å². The van der Waals surface area contributed by atoms with Crippen LogP contribution in [0.5, 0.6) is 0 Å². The van der Waals surface area contributed by atoms with Gasteiger partial charge in [-0.25, -0.2) is 9.59 Å². The van der Waals surface area contributed by atoms with Crippen LogP contribution in [0.3, 0.4) is 0 Å². The molecular weight excluding hydrogens is 298 g/mol. The molecule has 0 spiro atoms. The van der Waals surface area contributed by atoms with Crippen molar-refractivity contribution in [1.82, 2.24) is 5.32 Å². The summed E-state index contributed by atoms with van der Waals surface area (Å²) in [6.07, 6.45) is -0.0122. The van der Waals surface area contributed by atoms with E-state index < -0.39 is 17.7 Å². The van der Waals surface area contributed by atoms with Crippen molar-refractivity contribution in [2.75, 3.05) is 23.8 Å². The fourth-order valence-electron chi connectivity index (χ4n) is 1.75. The first-order chi connectivity index (χ1) is 10.8. The van der Waals surface area contributed by atoms with Gasteiger partial charge >= 0.3 is 12.1 Å². The molecule has 1 atom stereocenters. The van der Waals surface area contributed by atoms with Gasteiger partial charge in [-0.2, -0.15) is 0 Å². The predicted octanol–water partition coefficient (Wildman–Crippen LogP) is 2.85. The summed E-state index contributed by atoms with van der Waals surface area (Å²) in [7, 11) is 0. The topological polar surface area (TPSA) is 99.7 Å². The second-order valence-electron chi connectivity index (χ2n) is 5.48. The van der Waals surface area contributed by atoms with E-state index >= 15 is 0 Å². The van der Waals surface area contributed by atoms with Gasteiger partial charge in [0.2, 0.25) is 0 Å². The van der Waals surface area contributed by atoms with Crippen LogP contribution in [0.4, 0.5) is 21.0 Å². The molecule has 0 fully saturated rings. The van der Waals surface area contributed by atoms with Crippen molar-refractivity contribution >= 4 is 23.5 Å². The average Bonchev–Trinajstić information content (AvgIpc) is 2.50. The lowest BCUT2D eigenvalue weighted by molar-refractivity contribution is 0.0587. The molecule has 0 unspecified atom stereocenters. The first-order valence-corrected chi connectivity index (χ1v) is 7.59. The molecule has 0 saturated heterocycles. The maximum atomic E-state index is 11.9. The summed E-state index contributed by atoms with van der Waals surface area (Å²) in [6.45, 7) is 7.42. The molecule has 1 aromatic rings. The second kappa shape index (κ2) is 8.38. The zero-order valence-corrected chi connectivity index (χ0v) is 14.0. The molecule has 1 aromatic carbocycles. The number of hydrogen-bond acceptors (Lipinski definition) is 4. The Morgan fingerprint density at radius 3 is 2.39 bits per heavy atom. The van der Waals surface area contributed by atoms with Crippen LogP contribution in [0.15, 0.2) is 18.2 Å². The number of ether oxygens (including phenoxy) is 1. The Morgan fingerprint density at radius 2 is 1.83 bits per heavy atom. The highest BCUT2D eigenvalue weighted by molar-refractivity contribution is 5.93. The summed E-state index contributed by atoms with van der Waals surface area (Å²) in [4.78, 5) is 23.4. The van der Waals surface area contributed by atoms with Crippen molar-refractivity contribution in [3.63, 3.8) is 0 Å². The number of carbonyl (C=O) groups is 2. The Hall–Kier alpha value is -2.28. The molecular formula is C16H25N3O4. The Bertz CT molecular complexity index is 558. The van der Waals surface area contributed by atoms with Crippen molar-refractivity contribution in [3.05, 3.63) is 23.8 Å². The number of benzene rings is 1. The highest BCUT2D eigenvalue weighted by atomic mass is 16.5. The van der Waals surface area contributed by atoms with E-state index in [-0.39, 0.29) is 13.2 Å². The molecule has 0 heterocycles. The zero-order valence-electron chi connectivity index (χ0n) is 14.0. The molecule has 128 valence electrons. The van der Waals surface area contributed by atoms with Crippen molar-refractivity contribution < 1.29 is 19.4 Å². The van der Waals surface area contributed by atoms with Crippen LogP contribution >= 0.6 is 0 Å². The highest BCUT2D eigenvalue weighted by Crippen LogP contribution is 2.23. The Morgan fingerprint density at radius 1 is 1.22 bits per heavy atom. The van der Waals surface area contributed by atoms with Gasteiger partial charge in [-0.3, -0.25) is 5.32 Å². The molecule has 0 saturated carbocycles. The first-order valence-electron chi connectivity index (χ1n) is 7.59. The Labute approximate surface area is 136 Å². The number of hydrogen-bond donors (Lipinski definition) is 4. The van der Waals surface area contributed by atoms with Crippen LogP contribution in [-0.2, 0) is 4.74 Å². The van der Waals surface area contributed by atoms with Gasteiger partial charge in [-0.1, -0.05) is 13.0 Å². The number of amides is 3. The SMILES string of the molecule is CCOC(=O)Nc1cccc(NC(=O)NC[C@@](C)(O)CC)c1C. The minimum Gasteiger partial charge on any atom is -0.450 e. The van der Waals surface area contributed by atoms with Crippen molar-refractivity contribution in [3.8, 4) is 0 Å². The fourth-order valence-corrected chi connectivity index (χ4v) is 1.75. The number of rotatable bonds is 6. The molecule has 7 nitrogen and oxygen atoms in total. The maximum absolute atomic E-state index is 11.9. The molecule has 0 radical (unpaired) electrons. The first kappa shape index (κ1) is 18.8. The molecule has 0 aliphatic heterocycles. The van der Waals surface area contributed by atoms with Crippen molar-refractivity contribution in [2.24, 2.45) is 0 Å². The number of anilines is 2. The lowest BCUT2D eigenvalue weighted by Crippen LogP contribution is -2.41. The molecule has 0 bridgehead atoms. The van der Waals surface area contributed by atoms with E-state index in [1.165, 1.54) is 0 Å². The number of carbonyl (C=O) groups excluding carboxylic acids is 2. The van der Waals surface area contributed by atoms with Crippen LogP contribution in [0, 0.1) is 6.92 Å². The predicted molar refractivity (Wildman–Crippen MR) is 89.8 cm³/mol. The summed E-state index contributed by atoms with van der Waals surface area (Å²) in [5.41, 5.74) is 0.882. The maximum Gasteiger partial charge on any atom is 0.411 e. The van der Waals surface area contributed by atoms with Gasteiger partial charge in [-0.05, 0) is 44.9 Å². The van der Waals surface area contributed by atoms with Gasteiger partial charge in [0.15, 0.2) is 0 Å². The monoisotopic (exact) mass is 323 g/mol. The van der Waals surface area contributed by atoms with Crippen LogP contribution in [-0.4, -0.2) is 36.0 Å². The zero-order chi connectivity index (χ0) is 17.5. The highest BCUT2D eigenvalue weighted by Gasteiger charge is 2.18. The summed E-state index contributed by atoms with van der Waals surface area (Å²) in [6, 6.07) is 4.74. The van der Waals surface area contributed by atoms with Gasteiger partial charge < -0.3 is 20.5 Å². The third-order valence-electron chi connectivity index (χ3n) is 3.49. The molecule has 4 N–H and O–H groups in total. The fraction of sp³-hybridized carbons (Fsp3) is 0.500. The number of nitrogens with one attached hydrogen (secondary N) is 3. The summed E-state index contributed by atoms with van der Waals surface area (Å²) >= 11 is 0. The van der Waals surface area contributed by atoms with E-state index in [1.807, 2.05) is 6.92 Å². The summed E-state index contributed by atoms with van der Waals surface area (Å²) in [5.74, 6) is 0. The van der Waals surface area contributed by atoms with E-state index in [0.29, 0.717) is 23.4 Å². The lowest BCUT2D eigenvalue weighted by Gasteiger charge is -2.22. The second-order valence-corrected chi connectivity index (χ2v) is 5.48. The standard InChI is InChI=1S/C16H25N3O4/c1-5-16(4,22)10-17-14(20)18-12-8-7-9-13(11(12)3)19-15(21)23-6-2/h7-9,22H,5-6,10H2,1-4H3,(H,19,21)(H2,17,18,20)/t16-/m0/s1. The molecule has 3 amide bonds. The summed E-state index contributed by atoms with van der Waals surface area (Å²) < 4.78 is 4.83. The molecule has 23 heavy (non-hydrogen) atoms. The largest absolute Gasteiger partial charge is 0.450 e. The molecule has 7 heteroatoms. The van der Waals surface area contributed by atoms with Crippen molar-refractivity contribution in [1.29, 1.82) is 0 Å². The Kier molecular flexibility index (Phi) is 6.84. The molecule has 0 aliphatic rings. The van der Waals surface area contributed by atoms with E-state index in [0.717, 1.165) is 0 Å². The van der Waals surface area contributed by atoms with E-state index in [1.54, 1.807) is 39.0 Å². The third kappa shape index (κ3) is 6.15. The third-order valence-corrected chi connectivity index (χ3v) is 3.49. The normalized spacial score (nSPS) is 12.9. The molecule has 0 aliphatic carbocycles. The van der Waals surface area contributed by atoms with Gasteiger partial charge in [0.1, 0.15) is 0 Å².